The van der Waals surface area contributed by atoms with Gasteiger partial charge in [-0.05, 0) is 31.4 Å². The molecule has 8 nitrogen and oxygen atoms in total. The highest BCUT2D eigenvalue weighted by molar-refractivity contribution is 5.69. The van der Waals surface area contributed by atoms with Gasteiger partial charge in [-0.2, -0.15) is 5.10 Å². The number of aromatic nitrogens is 4. The second-order valence-electron chi connectivity index (χ2n) is 8.58. The quantitative estimate of drug-likeness (QED) is 0.674. The Morgan fingerprint density at radius 2 is 2.03 bits per heavy atom. The number of piperidine rings is 1. The van der Waals surface area contributed by atoms with E-state index in [1.54, 1.807) is 17.1 Å². The van der Waals surface area contributed by atoms with Crippen LogP contribution in [0.2, 0.25) is 0 Å². The maximum atomic E-state index is 15.1. The molecule has 6 heterocycles. The summed E-state index contributed by atoms with van der Waals surface area (Å²) < 4.78 is 27.9. The summed E-state index contributed by atoms with van der Waals surface area (Å²) >= 11 is 0. The lowest BCUT2D eigenvalue weighted by atomic mass is 10.0. The van der Waals surface area contributed by atoms with Gasteiger partial charge < -0.3 is 19.7 Å². The molecule has 32 heavy (non-hydrogen) atoms. The van der Waals surface area contributed by atoms with E-state index >= 15 is 4.39 Å². The molecule has 166 valence electrons. The number of nitrogens with zero attached hydrogens (tertiary/aromatic N) is 5. The SMILES string of the molecule is Fc1cc(-n2cc3c(n2)-c2cccnc2OC3)cnc1N1CCC(N[C@H]2CCOC2)CC1. The Labute approximate surface area is 185 Å². The Balaban J connectivity index is 1.17. The molecule has 9 heteroatoms. The number of fused-ring (bicyclic) bond motifs is 3. The third-order valence-electron chi connectivity index (χ3n) is 6.45. The van der Waals surface area contributed by atoms with Crippen LogP contribution in [0.1, 0.15) is 24.8 Å². The summed E-state index contributed by atoms with van der Waals surface area (Å²) in [6.07, 6.45) is 8.26. The number of nitrogens with one attached hydrogen (secondary N) is 1. The molecule has 2 saturated heterocycles. The number of rotatable bonds is 4. The smallest absolute Gasteiger partial charge is 0.223 e. The highest BCUT2D eigenvalue weighted by Crippen LogP contribution is 2.35. The van der Waals surface area contributed by atoms with Crippen LogP contribution in [0.3, 0.4) is 0 Å². The van der Waals surface area contributed by atoms with Crippen molar-refractivity contribution in [1.29, 1.82) is 0 Å². The molecule has 1 atom stereocenters. The van der Waals surface area contributed by atoms with Gasteiger partial charge in [0.25, 0.3) is 0 Å². The second-order valence-corrected chi connectivity index (χ2v) is 8.58. The standard InChI is InChI=1S/C23H25FN6O2/c24-20-10-18(30-12-15-13-32-23-19(21(15)28-30)2-1-6-25-23)11-26-22(20)29-7-3-16(4-8-29)27-17-5-9-31-14-17/h1-2,6,10-12,16-17,27H,3-5,7-9,13-14H2/t17-/m0/s1. The van der Waals surface area contributed by atoms with Crippen molar-refractivity contribution < 1.29 is 13.9 Å². The molecule has 0 spiro atoms. The molecule has 3 aliphatic heterocycles. The molecule has 3 aromatic heterocycles. The molecular weight excluding hydrogens is 411 g/mol. The van der Waals surface area contributed by atoms with Crippen molar-refractivity contribution in [3.05, 3.63) is 48.2 Å². The second kappa shape index (κ2) is 8.14. The van der Waals surface area contributed by atoms with E-state index in [9.17, 15) is 0 Å². The van der Waals surface area contributed by atoms with Crippen LogP contribution in [0.5, 0.6) is 5.88 Å². The minimum Gasteiger partial charge on any atom is -0.472 e. The van der Waals surface area contributed by atoms with Crippen LogP contribution >= 0.6 is 0 Å². The first kappa shape index (κ1) is 19.6. The first-order valence-electron chi connectivity index (χ1n) is 11.2. The van der Waals surface area contributed by atoms with Gasteiger partial charge in [0.2, 0.25) is 5.88 Å². The summed E-state index contributed by atoms with van der Waals surface area (Å²) in [6.45, 7) is 3.59. The Hall–Kier alpha value is -3.04. The molecule has 1 N–H and O–H groups in total. The van der Waals surface area contributed by atoms with Gasteiger partial charge in [-0.25, -0.2) is 19.0 Å². The monoisotopic (exact) mass is 436 g/mol. The average Bonchev–Trinajstić information content (AvgIpc) is 3.50. The molecular formula is C23H25FN6O2. The van der Waals surface area contributed by atoms with Crippen LogP contribution in [0.15, 0.2) is 36.8 Å². The van der Waals surface area contributed by atoms with E-state index in [0.717, 1.165) is 62.4 Å². The number of hydrogen-bond donors (Lipinski definition) is 1. The highest BCUT2D eigenvalue weighted by Gasteiger charge is 2.26. The van der Waals surface area contributed by atoms with Gasteiger partial charge in [0.1, 0.15) is 12.3 Å². The van der Waals surface area contributed by atoms with Gasteiger partial charge in [-0.3, -0.25) is 0 Å². The third kappa shape index (κ3) is 3.61. The van der Waals surface area contributed by atoms with Gasteiger partial charge >= 0.3 is 0 Å². The maximum absolute atomic E-state index is 15.1. The van der Waals surface area contributed by atoms with E-state index in [1.807, 2.05) is 23.2 Å². The lowest BCUT2D eigenvalue weighted by Crippen LogP contribution is -2.46. The van der Waals surface area contributed by atoms with E-state index in [-0.39, 0.29) is 5.82 Å². The number of anilines is 1. The van der Waals surface area contributed by atoms with Crippen LogP contribution in [-0.4, -0.2) is 58.1 Å². The van der Waals surface area contributed by atoms with Crippen molar-refractivity contribution in [1.82, 2.24) is 25.1 Å². The number of ether oxygens (including phenoxy) is 2. The fraction of sp³-hybridized carbons (Fsp3) is 0.435. The van der Waals surface area contributed by atoms with Gasteiger partial charge in [0.15, 0.2) is 11.6 Å². The topological polar surface area (TPSA) is 77.3 Å². The summed E-state index contributed by atoms with van der Waals surface area (Å²) in [7, 11) is 0. The van der Waals surface area contributed by atoms with Gasteiger partial charge in [-0.15, -0.1) is 0 Å². The van der Waals surface area contributed by atoms with Crippen LogP contribution in [0, 0.1) is 5.82 Å². The molecule has 0 aliphatic carbocycles. The van der Waals surface area contributed by atoms with Gasteiger partial charge in [0.05, 0.1) is 24.1 Å². The highest BCUT2D eigenvalue weighted by atomic mass is 19.1. The van der Waals surface area contributed by atoms with E-state index in [4.69, 9.17) is 9.47 Å². The zero-order valence-electron chi connectivity index (χ0n) is 17.7. The predicted octanol–water partition coefficient (Wildman–Crippen LogP) is 2.71. The van der Waals surface area contributed by atoms with Crippen LogP contribution in [0.4, 0.5) is 10.2 Å². The maximum Gasteiger partial charge on any atom is 0.223 e. The number of pyridine rings is 2. The summed E-state index contributed by atoms with van der Waals surface area (Å²) in [6, 6.07) is 6.19. The molecule has 3 aromatic rings. The Morgan fingerprint density at radius 1 is 1.12 bits per heavy atom. The lowest BCUT2D eigenvalue weighted by molar-refractivity contribution is 0.186. The van der Waals surface area contributed by atoms with E-state index < -0.39 is 0 Å². The number of hydrogen-bond acceptors (Lipinski definition) is 7. The first-order chi connectivity index (χ1) is 15.7. The van der Waals surface area contributed by atoms with Crippen molar-refractivity contribution in [3.63, 3.8) is 0 Å². The molecule has 0 radical (unpaired) electrons. The Bertz CT molecular complexity index is 1120. The van der Waals surface area contributed by atoms with Crippen molar-refractivity contribution in [2.45, 2.75) is 38.0 Å². The Morgan fingerprint density at radius 3 is 2.84 bits per heavy atom. The average molecular weight is 436 g/mol. The van der Waals surface area contributed by atoms with Crippen LogP contribution in [-0.2, 0) is 11.3 Å². The third-order valence-corrected chi connectivity index (χ3v) is 6.45. The molecule has 2 fully saturated rings. The molecule has 6 rings (SSSR count). The molecule has 0 unspecified atom stereocenters. The largest absolute Gasteiger partial charge is 0.472 e. The fourth-order valence-corrected chi connectivity index (χ4v) is 4.74. The molecule has 0 amide bonds. The van der Waals surface area contributed by atoms with Crippen molar-refractivity contribution in [2.75, 3.05) is 31.2 Å². The Kier molecular flexibility index (Phi) is 4.99. The predicted molar refractivity (Wildman–Crippen MR) is 116 cm³/mol. The van der Waals surface area contributed by atoms with E-state index in [2.05, 4.69) is 20.4 Å². The molecule has 0 saturated carbocycles. The summed E-state index contributed by atoms with van der Waals surface area (Å²) in [5, 5.41) is 8.34. The normalized spacial score (nSPS) is 20.7. The van der Waals surface area contributed by atoms with Crippen molar-refractivity contribution >= 4 is 5.82 Å². The fourth-order valence-electron chi connectivity index (χ4n) is 4.74. The minimum atomic E-state index is -0.329. The van der Waals surface area contributed by atoms with Crippen LogP contribution < -0.4 is 15.0 Å². The van der Waals surface area contributed by atoms with E-state index in [1.165, 1.54) is 6.07 Å². The van der Waals surface area contributed by atoms with Crippen molar-refractivity contribution in [2.24, 2.45) is 0 Å². The minimum absolute atomic E-state index is 0.329. The summed E-state index contributed by atoms with van der Waals surface area (Å²) in [4.78, 5) is 10.7. The van der Waals surface area contributed by atoms with Gasteiger partial charge in [0, 0.05) is 55.8 Å². The van der Waals surface area contributed by atoms with Gasteiger partial charge in [-0.1, -0.05) is 0 Å². The van der Waals surface area contributed by atoms with E-state index in [0.29, 0.717) is 36.1 Å². The number of halogens is 1. The molecule has 3 aliphatic rings. The summed E-state index contributed by atoms with van der Waals surface area (Å²) in [5.41, 5.74) is 3.19. The molecule has 0 aromatic carbocycles. The van der Waals surface area contributed by atoms with Crippen molar-refractivity contribution in [3.8, 4) is 22.8 Å². The summed E-state index contributed by atoms with van der Waals surface area (Å²) in [5.74, 6) is 0.652. The molecule has 0 bridgehead atoms. The zero-order chi connectivity index (χ0) is 21.5. The lowest BCUT2D eigenvalue weighted by Gasteiger charge is -2.34. The zero-order valence-corrected chi connectivity index (χ0v) is 17.7. The first-order valence-corrected chi connectivity index (χ1v) is 11.2. The van der Waals surface area contributed by atoms with Crippen LogP contribution in [0.25, 0.3) is 16.9 Å².